The van der Waals surface area contributed by atoms with Crippen molar-refractivity contribution in [1.82, 2.24) is 0 Å². The van der Waals surface area contributed by atoms with Crippen LogP contribution in [0.5, 0.6) is 0 Å². The fourth-order valence-corrected chi connectivity index (χ4v) is 2.95. The summed E-state index contributed by atoms with van der Waals surface area (Å²) in [7, 11) is 0. The molecule has 0 aromatic heterocycles. The van der Waals surface area contributed by atoms with Gasteiger partial charge in [0.2, 0.25) is 0 Å². The molecule has 1 atom stereocenters. The van der Waals surface area contributed by atoms with Gasteiger partial charge in [0, 0.05) is 5.92 Å². The van der Waals surface area contributed by atoms with Crippen molar-refractivity contribution in [3.63, 3.8) is 0 Å². The van der Waals surface area contributed by atoms with Gasteiger partial charge in [0.1, 0.15) is 5.82 Å². The standard InChI is InChI=1S/C15H18BrFO2/c1-8(2)10-5-12(15(17)13(16)6-10)11(7-14(18)19)9-3-4-9/h5-6,8-9,11H,3-4,7H2,1-2H3,(H,18,19). The van der Waals surface area contributed by atoms with Gasteiger partial charge in [-0.05, 0) is 57.8 Å². The Morgan fingerprint density at radius 3 is 2.58 bits per heavy atom. The van der Waals surface area contributed by atoms with Gasteiger partial charge in [-0.15, -0.1) is 0 Å². The van der Waals surface area contributed by atoms with E-state index in [9.17, 15) is 9.18 Å². The van der Waals surface area contributed by atoms with Crippen molar-refractivity contribution in [3.05, 3.63) is 33.5 Å². The molecule has 19 heavy (non-hydrogen) atoms. The molecule has 1 fully saturated rings. The lowest BCUT2D eigenvalue weighted by molar-refractivity contribution is -0.137. The molecule has 0 amide bonds. The Morgan fingerprint density at radius 1 is 1.47 bits per heavy atom. The van der Waals surface area contributed by atoms with Crippen LogP contribution >= 0.6 is 15.9 Å². The molecule has 2 rings (SSSR count). The number of benzene rings is 1. The number of carboxylic acids is 1. The zero-order chi connectivity index (χ0) is 14.2. The Bertz CT molecular complexity index is 495. The molecular weight excluding hydrogens is 311 g/mol. The summed E-state index contributed by atoms with van der Waals surface area (Å²) < 4.78 is 14.7. The minimum Gasteiger partial charge on any atom is -0.481 e. The summed E-state index contributed by atoms with van der Waals surface area (Å²) >= 11 is 3.25. The van der Waals surface area contributed by atoms with Gasteiger partial charge in [-0.1, -0.05) is 19.9 Å². The summed E-state index contributed by atoms with van der Waals surface area (Å²) in [4.78, 5) is 11.0. The van der Waals surface area contributed by atoms with E-state index in [1.165, 1.54) is 0 Å². The van der Waals surface area contributed by atoms with Crippen molar-refractivity contribution >= 4 is 21.9 Å². The second-order valence-electron chi connectivity index (χ2n) is 5.60. The van der Waals surface area contributed by atoms with Crippen molar-refractivity contribution in [1.29, 1.82) is 0 Å². The predicted octanol–water partition coefficient (Wildman–Crippen LogP) is 4.68. The van der Waals surface area contributed by atoms with E-state index >= 15 is 0 Å². The molecule has 104 valence electrons. The smallest absolute Gasteiger partial charge is 0.303 e. The van der Waals surface area contributed by atoms with Crippen molar-refractivity contribution in [2.45, 2.75) is 44.9 Å². The molecular formula is C15H18BrFO2. The molecule has 1 N–H and O–H groups in total. The van der Waals surface area contributed by atoms with Crippen LogP contribution in [-0.2, 0) is 4.79 Å². The van der Waals surface area contributed by atoms with Gasteiger partial charge in [-0.25, -0.2) is 4.39 Å². The Morgan fingerprint density at radius 2 is 2.11 bits per heavy atom. The van der Waals surface area contributed by atoms with Crippen LogP contribution in [0, 0.1) is 11.7 Å². The van der Waals surface area contributed by atoms with E-state index in [0.717, 1.165) is 18.4 Å². The Labute approximate surface area is 121 Å². The van der Waals surface area contributed by atoms with Crippen LogP contribution in [0.3, 0.4) is 0 Å². The molecule has 0 bridgehead atoms. The van der Waals surface area contributed by atoms with Gasteiger partial charge in [0.15, 0.2) is 0 Å². The third kappa shape index (κ3) is 3.35. The van der Waals surface area contributed by atoms with Crippen LogP contribution in [0.4, 0.5) is 4.39 Å². The number of aliphatic carboxylic acids is 1. The number of hydrogen-bond acceptors (Lipinski definition) is 1. The fraction of sp³-hybridized carbons (Fsp3) is 0.533. The SMILES string of the molecule is CC(C)c1cc(Br)c(F)c(C(CC(=O)O)C2CC2)c1. The fourth-order valence-electron chi connectivity index (χ4n) is 2.45. The summed E-state index contributed by atoms with van der Waals surface area (Å²) in [5.41, 5.74) is 1.60. The van der Waals surface area contributed by atoms with E-state index in [1.807, 2.05) is 19.9 Å². The Balaban J connectivity index is 2.42. The molecule has 2 nitrogen and oxygen atoms in total. The third-order valence-electron chi connectivity index (χ3n) is 3.73. The highest BCUT2D eigenvalue weighted by Gasteiger charge is 2.35. The number of rotatable bonds is 5. The maximum atomic E-state index is 14.3. The molecule has 0 spiro atoms. The molecule has 0 heterocycles. The first-order valence-corrected chi connectivity index (χ1v) is 7.40. The van der Waals surface area contributed by atoms with Gasteiger partial charge in [-0.2, -0.15) is 0 Å². The van der Waals surface area contributed by atoms with E-state index < -0.39 is 5.97 Å². The van der Waals surface area contributed by atoms with Gasteiger partial charge in [-0.3, -0.25) is 4.79 Å². The van der Waals surface area contributed by atoms with E-state index in [2.05, 4.69) is 15.9 Å². The molecule has 1 aliphatic carbocycles. The predicted molar refractivity (Wildman–Crippen MR) is 75.9 cm³/mol. The first kappa shape index (κ1) is 14.5. The highest BCUT2D eigenvalue weighted by Crippen LogP contribution is 2.46. The summed E-state index contributed by atoms with van der Waals surface area (Å²) in [6.07, 6.45) is 2.01. The van der Waals surface area contributed by atoms with Crippen molar-refractivity contribution in [2.24, 2.45) is 5.92 Å². The third-order valence-corrected chi connectivity index (χ3v) is 4.31. The van der Waals surface area contributed by atoms with Crippen molar-refractivity contribution < 1.29 is 14.3 Å². The summed E-state index contributed by atoms with van der Waals surface area (Å²) in [6.45, 7) is 4.10. The number of hydrogen-bond donors (Lipinski definition) is 1. The lowest BCUT2D eigenvalue weighted by Crippen LogP contribution is -2.11. The van der Waals surface area contributed by atoms with Crippen molar-refractivity contribution in [2.75, 3.05) is 0 Å². The molecule has 0 radical (unpaired) electrons. The Kier molecular flexibility index (Phi) is 4.29. The molecule has 1 saturated carbocycles. The van der Waals surface area contributed by atoms with Gasteiger partial charge in [0.05, 0.1) is 10.9 Å². The Hall–Kier alpha value is -0.900. The monoisotopic (exact) mass is 328 g/mol. The minimum atomic E-state index is -0.859. The number of carbonyl (C=O) groups is 1. The van der Waals surface area contributed by atoms with E-state index in [0.29, 0.717) is 21.9 Å². The summed E-state index contributed by atoms with van der Waals surface area (Å²) in [5, 5.41) is 9.03. The van der Waals surface area contributed by atoms with E-state index in [1.54, 1.807) is 6.07 Å². The van der Waals surface area contributed by atoms with Crippen LogP contribution in [0.25, 0.3) is 0 Å². The van der Waals surface area contributed by atoms with Crippen LogP contribution in [0.2, 0.25) is 0 Å². The topological polar surface area (TPSA) is 37.3 Å². The molecule has 1 aromatic carbocycles. The van der Waals surface area contributed by atoms with Crippen LogP contribution in [0.15, 0.2) is 16.6 Å². The molecule has 4 heteroatoms. The van der Waals surface area contributed by atoms with E-state index in [-0.39, 0.29) is 18.2 Å². The van der Waals surface area contributed by atoms with Gasteiger partial charge in [0.25, 0.3) is 0 Å². The highest BCUT2D eigenvalue weighted by molar-refractivity contribution is 9.10. The van der Waals surface area contributed by atoms with Gasteiger partial charge >= 0.3 is 5.97 Å². The maximum absolute atomic E-state index is 14.3. The largest absolute Gasteiger partial charge is 0.481 e. The average Bonchev–Trinajstić information content (AvgIpc) is 3.13. The highest BCUT2D eigenvalue weighted by atomic mass is 79.9. The molecule has 0 saturated heterocycles. The lowest BCUT2D eigenvalue weighted by Gasteiger charge is -2.18. The maximum Gasteiger partial charge on any atom is 0.303 e. The summed E-state index contributed by atoms with van der Waals surface area (Å²) in [6, 6.07) is 3.63. The quantitative estimate of drug-likeness (QED) is 0.852. The lowest BCUT2D eigenvalue weighted by atomic mass is 9.88. The number of halogens is 2. The first-order valence-electron chi connectivity index (χ1n) is 6.60. The van der Waals surface area contributed by atoms with E-state index in [4.69, 9.17) is 5.11 Å². The summed E-state index contributed by atoms with van der Waals surface area (Å²) in [5.74, 6) is -0.752. The second kappa shape index (κ2) is 5.61. The molecule has 1 unspecified atom stereocenters. The van der Waals surface area contributed by atoms with Crippen LogP contribution in [0.1, 0.15) is 56.1 Å². The minimum absolute atomic E-state index is 0.00950. The zero-order valence-electron chi connectivity index (χ0n) is 11.1. The van der Waals surface area contributed by atoms with Crippen molar-refractivity contribution in [3.8, 4) is 0 Å². The number of carboxylic acid groups (broad SMARTS) is 1. The first-order chi connectivity index (χ1) is 8.90. The normalized spacial score (nSPS) is 16.7. The zero-order valence-corrected chi connectivity index (χ0v) is 12.7. The van der Waals surface area contributed by atoms with Crippen LogP contribution in [-0.4, -0.2) is 11.1 Å². The molecule has 0 aliphatic heterocycles. The van der Waals surface area contributed by atoms with Crippen LogP contribution < -0.4 is 0 Å². The molecule has 1 aromatic rings. The second-order valence-corrected chi connectivity index (χ2v) is 6.46. The van der Waals surface area contributed by atoms with Gasteiger partial charge < -0.3 is 5.11 Å². The average molecular weight is 329 g/mol. The molecule has 1 aliphatic rings.